The predicted molar refractivity (Wildman–Crippen MR) is 82.3 cm³/mol. The van der Waals surface area contributed by atoms with Crippen LogP contribution in [0.15, 0.2) is 35.0 Å². The zero-order valence-electron chi connectivity index (χ0n) is 13.1. The Morgan fingerprint density at radius 1 is 1.22 bits per heavy atom. The molecule has 0 N–H and O–H groups in total. The SMILES string of the molecule is Cc1cn(C)nc1-c1nc(C2(c3ccc(F)cc3)CCC2)no1. The summed E-state index contributed by atoms with van der Waals surface area (Å²) < 4.78 is 20.4. The Balaban J connectivity index is 1.75. The zero-order valence-corrected chi connectivity index (χ0v) is 13.1. The average Bonchev–Trinajstić information content (AvgIpc) is 3.07. The van der Waals surface area contributed by atoms with Crippen molar-refractivity contribution in [3.63, 3.8) is 0 Å². The van der Waals surface area contributed by atoms with Crippen molar-refractivity contribution in [2.75, 3.05) is 0 Å². The van der Waals surface area contributed by atoms with Crippen molar-refractivity contribution in [3.05, 3.63) is 53.2 Å². The molecule has 4 rings (SSSR count). The summed E-state index contributed by atoms with van der Waals surface area (Å²) >= 11 is 0. The first kappa shape index (κ1) is 14.1. The molecule has 3 aromatic rings. The van der Waals surface area contributed by atoms with Gasteiger partial charge in [0.2, 0.25) is 0 Å². The van der Waals surface area contributed by atoms with Crippen LogP contribution in [0.1, 0.15) is 36.2 Å². The second kappa shape index (κ2) is 5.01. The van der Waals surface area contributed by atoms with E-state index in [1.54, 1.807) is 4.68 Å². The minimum absolute atomic E-state index is 0.235. The van der Waals surface area contributed by atoms with Gasteiger partial charge in [0.05, 0.1) is 5.41 Å². The maximum absolute atomic E-state index is 13.2. The molecule has 0 radical (unpaired) electrons. The largest absolute Gasteiger partial charge is 0.332 e. The van der Waals surface area contributed by atoms with Gasteiger partial charge in [-0.2, -0.15) is 10.1 Å². The van der Waals surface area contributed by atoms with E-state index in [0.29, 0.717) is 17.4 Å². The van der Waals surface area contributed by atoms with E-state index in [1.165, 1.54) is 12.1 Å². The highest BCUT2D eigenvalue weighted by Crippen LogP contribution is 2.48. The van der Waals surface area contributed by atoms with Gasteiger partial charge < -0.3 is 4.52 Å². The van der Waals surface area contributed by atoms with Crippen LogP contribution in [0.2, 0.25) is 0 Å². The smallest absolute Gasteiger partial charge is 0.278 e. The third kappa shape index (κ3) is 2.17. The first-order valence-corrected chi connectivity index (χ1v) is 7.69. The van der Waals surface area contributed by atoms with Crippen LogP contribution in [-0.2, 0) is 12.5 Å². The van der Waals surface area contributed by atoms with E-state index < -0.39 is 0 Å². The van der Waals surface area contributed by atoms with E-state index in [1.807, 2.05) is 32.3 Å². The lowest BCUT2D eigenvalue weighted by atomic mass is 9.64. The number of halogens is 1. The molecule has 2 aromatic heterocycles. The van der Waals surface area contributed by atoms with Gasteiger partial charge in [-0.3, -0.25) is 4.68 Å². The topological polar surface area (TPSA) is 56.7 Å². The highest BCUT2D eigenvalue weighted by Gasteiger charge is 2.44. The van der Waals surface area contributed by atoms with Crippen LogP contribution in [-0.4, -0.2) is 19.9 Å². The summed E-state index contributed by atoms with van der Waals surface area (Å²) in [6, 6.07) is 6.60. The van der Waals surface area contributed by atoms with Crippen molar-refractivity contribution in [1.29, 1.82) is 0 Å². The summed E-state index contributed by atoms with van der Waals surface area (Å²) in [6.07, 6.45) is 4.90. The minimum Gasteiger partial charge on any atom is -0.332 e. The van der Waals surface area contributed by atoms with Crippen molar-refractivity contribution in [2.45, 2.75) is 31.6 Å². The van der Waals surface area contributed by atoms with Crippen LogP contribution in [0.25, 0.3) is 11.6 Å². The zero-order chi connectivity index (χ0) is 16.0. The fourth-order valence-corrected chi connectivity index (χ4v) is 3.27. The van der Waals surface area contributed by atoms with Gasteiger partial charge in [0, 0.05) is 18.8 Å². The lowest BCUT2D eigenvalue weighted by Gasteiger charge is -2.39. The summed E-state index contributed by atoms with van der Waals surface area (Å²) in [4.78, 5) is 4.60. The Morgan fingerprint density at radius 3 is 2.52 bits per heavy atom. The molecule has 118 valence electrons. The van der Waals surface area contributed by atoms with E-state index >= 15 is 0 Å². The summed E-state index contributed by atoms with van der Waals surface area (Å²) in [5, 5.41) is 8.58. The number of benzene rings is 1. The number of hydrogen-bond donors (Lipinski definition) is 0. The molecular formula is C17H17FN4O. The molecule has 0 bridgehead atoms. The van der Waals surface area contributed by atoms with Gasteiger partial charge in [0.1, 0.15) is 5.82 Å². The molecule has 0 atom stereocenters. The summed E-state index contributed by atoms with van der Waals surface area (Å²) in [6.45, 7) is 1.96. The molecule has 1 aromatic carbocycles. The second-order valence-corrected chi connectivity index (χ2v) is 6.20. The lowest BCUT2D eigenvalue weighted by molar-refractivity contribution is 0.272. The van der Waals surface area contributed by atoms with E-state index in [4.69, 9.17) is 4.52 Å². The van der Waals surface area contributed by atoms with E-state index in [2.05, 4.69) is 15.2 Å². The molecule has 2 heterocycles. The van der Waals surface area contributed by atoms with Gasteiger partial charge in [0.15, 0.2) is 11.5 Å². The third-order valence-electron chi connectivity index (χ3n) is 4.67. The molecule has 1 fully saturated rings. The molecule has 0 amide bonds. The second-order valence-electron chi connectivity index (χ2n) is 6.20. The van der Waals surface area contributed by atoms with Crippen molar-refractivity contribution in [1.82, 2.24) is 19.9 Å². The lowest BCUT2D eigenvalue weighted by Crippen LogP contribution is -2.36. The predicted octanol–water partition coefficient (Wildman–Crippen LogP) is 3.39. The molecule has 0 spiro atoms. The molecule has 1 aliphatic carbocycles. The molecule has 0 unspecified atom stereocenters. The Hall–Kier alpha value is -2.50. The van der Waals surface area contributed by atoms with Gasteiger partial charge >= 0.3 is 0 Å². The molecule has 0 aliphatic heterocycles. The minimum atomic E-state index is -0.266. The van der Waals surface area contributed by atoms with Crippen LogP contribution in [0.4, 0.5) is 4.39 Å². The van der Waals surface area contributed by atoms with Crippen molar-refractivity contribution >= 4 is 0 Å². The highest BCUT2D eigenvalue weighted by molar-refractivity contribution is 5.52. The van der Waals surface area contributed by atoms with Crippen LogP contribution in [0.5, 0.6) is 0 Å². The Bertz CT molecular complexity index is 846. The molecule has 1 saturated carbocycles. The maximum Gasteiger partial charge on any atom is 0.278 e. The fraction of sp³-hybridized carbons (Fsp3) is 0.353. The van der Waals surface area contributed by atoms with E-state index in [0.717, 1.165) is 30.4 Å². The monoisotopic (exact) mass is 312 g/mol. The van der Waals surface area contributed by atoms with Gasteiger partial charge in [-0.1, -0.05) is 23.7 Å². The average molecular weight is 312 g/mol. The van der Waals surface area contributed by atoms with Crippen LogP contribution < -0.4 is 0 Å². The van der Waals surface area contributed by atoms with Crippen LogP contribution >= 0.6 is 0 Å². The highest BCUT2D eigenvalue weighted by atomic mass is 19.1. The third-order valence-corrected chi connectivity index (χ3v) is 4.67. The van der Waals surface area contributed by atoms with E-state index in [9.17, 15) is 4.39 Å². The Labute approximate surface area is 133 Å². The van der Waals surface area contributed by atoms with Gasteiger partial charge in [-0.05, 0) is 37.5 Å². The molecular weight excluding hydrogens is 295 g/mol. The number of aryl methyl sites for hydroxylation is 2. The summed E-state index contributed by atoms with van der Waals surface area (Å²) in [5.41, 5.74) is 2.47. The van der Waals surface area contributed by atoms with Gasteiger partial charge in [-0.15, -0.1) is 0 Å². The number of rotatable bonds is 3. The van der Waals surface area contributed by atoms with Crippen molar-refractivity contribution in [3.8, 4) is 11.6 Å². The summed E-state index contributed by atoms with van der Waals surface area (Å²) in [5.74, 6) is 0.864. The van der Waals surface area contributed by atoms with Gasteiger partial charge in [-0.25, -0.2) is 4.39 Å². The first-order valence-electron chi connectivity index (χ1n) is 7.69. The number of aromatic nitrogens is 4. The molecule has 0 saturated heterocycles. The van der Waals surface area contributed by atoms with Gasteiger partial charge in [0.25, 0.3) is 5.89 Å². The Kier molecular flexibility index (Phi) is 3.07. The molecule has 1 aliphatic rings. The molecule has 6 heteroatoms. The van der Waals surface area contributed by atoms with E-state index in [-0.39, 0.29) is 11.2 Å². The first-order chi connectivity index (χ1) is 11.1. The van der Waals surface area contributed by atoms with Crippen LogP contribution in [0.3, 0.4) is 0 Å². The van der Waals surface area contributed by atoms with Crippen LogP contribution in [0, 0.1) is 12.7 Å². The standard InChI is InChI=1S/C17H17FN4O/c1-11-10-22(2)20-14(11)15-19-16(21-23-15)17(8-3-9-17)12-4-6-13(18)7-5-12/h4-7,10H,3,8-9H2,1-2H3. The molecule has 23 heavy (non-hydrogen) atoms. The number of hydrogen-bond acceptors (Lipinski definition) is 4. The maximum atomic E-state index is 13.2. The van der Waals surface area contributed by atoms with Crippen molar-refractivity contribution in [2.24, 2.45) is 7.05 Å². The fourth-order valence-electron chi connectivity index (χ4n) is 3.27. The normalized spacial score (nSPS) is 16.3. The van der Waals surface area contributed by atoms with Crippen molar-refractivity contribution < 1.29 is 8.91 Å². The molecule has 5 nitrogen and oxygen atoms in total. The Morgan fingerprint density at radius 2 is 1.96 bits per heavy atom. The summed E-state index contributed by atoms with van der Waals surface area (Å²) in [7, 11) is 1.86. The number of nitrogens with zero attached hydrogens (tertiary/aromatic N) is 4. The quantitative estimate of drug-likeness (QED) is 0.744.